The third kappa shape index (κ3) is 4.26. The van der Waals surface area contributed by atoms with Crippen LogP contribution in [-0.4, -0.2) is 22.4 Å². The number of benzene rings is 2. The summed E-state index contributed by atoms with van der Waals surface area (Å²) in [5.74, 6) is 0.625. The van der Waals surface area contributed by atoms with Gasteiger partial charge in [-0.3, -0.25) is 0 Å². The predicted octanol–water partition coefficient (Wildman–Crippen LogP) is 3.57. The van der Waals surface area contributed by atoms with Crippen LogP contribution in [0.3, 0.4) is 0 Å². The van der Waals surface area contributed by atoms with Crippen molar-refractivity contribution in [3.8, 4) is 5.75 Å². The van der Waals surface area contributed by atoms with Crippen LogP contribution in [0.5, 0.6) is 5.75 Å². The van der Waals surface area contributed by atoms with Crippen LogP contribution in [0, 0.1) is 0 Å². The molecule has 1 N–H and O–H groups in total. The molecule has 0 amide bonds. The Kier molecular flexibility index (Phi) is 6.31. The second-order valence-corrected chi connectivity index (χ2v) is 6.61. The van der Waals surface area contributed by atoms with E-state index in [-0.39, 0.29) is 12.7 Å². The molecule has 0 saturated heterocycles. The van der Waals surface area contributed by atoms with E-state index in [1.807, 2.05) is 55.5 Å². The van der Waals surface area contributed by atoms with E-state index in [2.05, 4.69) is 6.92 Å². The van der Waals surface area contributed by atoms with Crippen LogP contribution < -0.4 is 4.74 Å². The van der Waals surface area contributed by atoms with E-state index < -0.39 is 11.2 Å². The predicted molar refractivity (Wildman–Crippen MR) is 88.7 cm³/mol. The first-order valence-electron chi connectivity index (χ1n) is 7.53. The van der Waals surface area contributed by atoms with Gasteiger partial charge in [0.1, 0.15) is 0 Å². The minimum atomic E-state index is -1.28. The molecule has 0 aliphatic heterocycles. The molecule has 3 nitrogen and oxygen atoms in total. The maximum Gasteiger partial charge on any atom is 0.200 e. The highest BCUT2D eigenvalue weighted by atomic mass is 32.2. The van der Waals surface area contributed by atoms with E-state index in [9.17, 15) is 4.55 Å². The average Bonchev–Trinajstić information content (AvgIpc) is 2.55. The molecule has 2 aromatic rings. The third-order valence-electron chi connectivity index (χ3n) is 3.44. The summed E-state index contributed by atoms with van der Waals surface area (Å²) >= 11 is -1.28. The first-order valence-corrected chi connectivity index (χ1v) is 8.68. The molecular formula is C18H22O3S. The molecule has 0 aromatic heterocycles. The van der Waals surface area contributed by atoms with Gasteiger partial charge in [0.05, 0.1) is 6.10 Å². The molecule has 2 rings (SSSR count). The lowest BCUT2D eigenvalue weighted by Gasteiger charge is -2.18. The first-order chi connectivity index (χ1) is 10.7. The number of hydrogen-bond acceptors (Lipinski definition) is 3. The van der Waals surface area contributed by atoms with Gasteiger partial charge in [0, 0.05) is 30.3 Å². The Morgan fingerprint density at radius 1 is 1.18 bits per heavy atom. The summed E-state index contributed by atoms with van der Waals surface area (Å²) < 4.78 is 18.7. The minimum Gasteiger partial charge on any atom is -0.606 e. The quantitative estimate of drug-likeness (QED) is 0.794. The molecule has 2 aromatic carbocycles. The van der Waals surface area contributed by atoms with Gasteiger partial charge in [-0.05, 0) is 37.1 Å². The minimum absolute atomic E-state index is 0.0747. The molecule has 0 aliphatic carbocycles. The fourth-order valence-corrected chi connectivity index (χ4v) is 3.36. The number of aliphatic hydroxyl groups excluding tert-OH is 1. The highest BCUT2D eigenvalue weighted by molar-refractivity contribution is 7.91. The van der Waals surface area contributed by atoms with Crippen molar-refractivity contribution >= 4 is 11.2 Å². The van der Waals surface area contributed by atoms with Crippen LogP contribution in [0.1, 0.15) is 25.8 Å². The molecule has 4 heteroatoms. The van der Waals surface area contributed by atoms with Crippen LogP contribution in [0.25, 0.3) is 0 Å². The molecule has 22 heavy (non-hydrogen) atoms. The van der Waals surface area contributed by atoms with Gasteiger partial charge in [-0.15, -0.1) is 0 Å². The van der Waals surface area contributed by atoms with Gasteiger partial charge in [0.15, 0.2) is 10.6 Å². The van der Waals surface area contributed by atoms with Crippen LogP contribution in [-0.2, 0) is 17.6 Å². The highest BCUT2D eigenvalue weighted by Gasteiger charge is 2.22. The molecule has 2 atom stereocenters. The van der Waals surface area contributed by atoms with Gasteiger partial charge < -0.3 is 14.4 Å². The van der Waals surface area contributed by atoms with Crippen molar-refractivity contribution < 1.29 is 14.4 Å². The lowest BCUT2D eigenvalue weighted by Crippen LogP contribution is -2.16. The van der Waals surface area contributed by atoms with E-state index in [1.165, 1.54) is 0 Å². The fraction of sp³-hybridized carbons (Fsp3) is 0.333. The summed E-state index contributed by atoms with van der Waals surface area (Å²) in [5, 5.41) is 9.01. The van der Waals surface area contributed by atoms with Crippen LogP contribution in [0.2, 0.25) is 0 Å². The molecule has 0 bridgehead atoms. The molecule has 0 heterocycles. The van der Waals surface area contributed by atoms with Crippen molar-refractivity contribution in [3.05, 3.63) is 54.1 Å². The largest absolute Gasteiger partial charge is 0.606 e. The summed E-state index contributed by atoms with van der Waals surface area (Å²) in [5.41, 5.74) is 1.13. The van der Waals surface area contributed by atoms with Crippen molar-refractivity contribution in [3.63, 3.8) is 0 Å². The molecule has 2 unspecified atom stereocenters. The maximum absolute atomic E-state index is 12.9. The summed E-state index contributed by atoms with van der Waals surface area (Å²) in [4.78, 5) is 1.45. The number of ether oxygens (including phenoxy) is 1. The Hall–Kier alpha value is -1.49. The van der Waals surface area contributed by atoms with Gasteiger partial charge in [0.2, 0.25) is 4.90 Å². The lowest BCUT2D eigenvalue weighted by molar-refractivity contribution is 0.165. The summed E-state index contributed by atoms with van der Waals surface area (Å²) in [6.07, 6.45) is 1.31. The highest BCUT2D eigenvalue weighted by Crippen LogP contribution is 2.31. The van der Waals surface area contributed by atoms with E-state index in [0.29, 0.717) is 17.1 Å². The summed E-state index contributed by atoms with van der Waals surface area (Å²) in [7, 11) is 0. The number of aliphatic hydroxyl groups is 1. The van der Waals surface area contributed by atoms with Gasteiger partial charge in [-0.2, -0.15) is 0 Å². The van der Waals surface area contributed by atoms with Crippen LogP contribution >= 0.6 is 0 Å². The van der Waals surface area contributed by atoms with E-state index in [1.54, 1.807) is 0 Å². The SMILES string of the molecule is CCc1ccc(OC(C)CCO)c([S+]([O-])c2ccccc2)c1. The Bertz CT molecular complexity index is 586. The van der Waals surface area contributed by atoms with Crippen molar-refractivity contribution in [2.75, 3.05) is 6.61 Å². The molecule has 0 saturated carbocycles. The van der Waals surface area contributed by atoms with Crippen molar-refractivity contribution in [1.82, 2.24) is 0 Å². The topological polar surface area (TPSA) is 52.5 Å². The smallest absolute Gasteiger partial charge is 0.200 e. The lowest BCUT2D eigenvalue weighted by atomic mass is 10.1. The third-order valence-corrected chi connectivity index (χ3v) is 4.86. The average molecular weight is 318 g/mol. The Balaban J connectivity index is 2.34. The van der Waals surface area contributed by atoms with Crippen molar-refractivity contribution in [2.24, 2.45) is 0 Å². The fourth-order valence-electron chi connectivity index (χ4n) is 2.14. The normalized spacial score (nSPS) is 13.6. The number of rotatable bonds is 7. The van der Waals surface area contributed by atoms with Gasteiger partial charge in [-0.1, -0.05) is 31.2 Å². The second-order valence-electron chi connectivity index (χ2n) is 5.16. The van der Waals surface area contributed by atoms with E-state index in [0.717, 1.165) is 16.9 Å². The molecule has 0 radical (unpaired) electrons. The zero-order valence-corrected chi connectivity index (χ0v) is 13.8. The zero-order valence-electron chi connectivity index (χ0n) is 13.0. The second kappa shape index (κ2) is 8.22. The maximum atomic E-state index is 12.9. The molecule has 0 aliphatic rings. The van der Waals surface area contributed by atoms with E-state index in [4.69, 9.17) is 9.84 Å². The Morgan fingerprint density at radius 2 is 1.91 bits per heavy atom. The van der Waals surface area contributed by atoms with E-state index >= 15 is 0 Å². The summed E-state index contributed by atoms with van der Waals surface area (Å²) in [6.45, 7) is 4.05. The monoisotopic (exact) mass is 318 g/mol. The number of aryl methyl sites for hydroxylation is 1. The van der Waals surface area contributed by atoms with Crippen molar-refractivity contribution in [2.45, 2.75) is 42.6 Å². The Morgan fingerprint density at radius 3 is 2.55 bits per heavy atom. The first kappa shape index (κ1) is 16.9. The van der Waals surface area contributed by atoms with Gasteiger partial charge >= 0.3 is 0 Å². The zero-order chi connectivity index (χ0) is 15.9. The molecule has 118 valence electrons. The van der Waals surface area contributed by atoms with Crippen molar-refractivity contribution in [1.29, 1.82) is 0 Å². The van der Waals surface area contributed by atoms with Crippen LogP contribution in [0.4, 0.5) is 0 Å². The Labute approximate surface area is 135 Å². The van der Waals surface area contributed by atoms with Gasteiger partial charge in [-0.25, -0.2) is 0 Å². The van der Waals surface area contributed by atoms with Gasteiger partial charge in [0.25, 0.3) is 0 Å². The number of hydrogen-bond donors (Lipinski definition) is 1. The summed E-state index contributed by atoms with van der Waals surface area (Å²) in [6, 6.07) is 15.2. The molecule has 0 spiro atoms. The standard InChI is InChI=1S/C18H22O3S/c1-3-15-9-10-17(21-14(2)11-12-19)18(13-15)22(20)16-7-5-4-6-8-16/h4-10,13-14,19H,3,11-12H2,1-2H3. The van der Waals surface area contributed by atoms with Crippen LogP contribution in [0.15, 0.2) is 58.3 Å². The molecule has 0 fully saturated rings. The molecular weight excluding hydrogens is 296 g/mol.